The van der Waals surface area contributed by atoms with Crippen molar-refractivity contribution >= 4 is 21.9 Å². The van der Waals surface area contributed by atoms with Gasteiger partial charge >= 0.3 is 6.01 Å². The summed E-state index contributed by atoms with van der Waals surface area (Å²) in [6.07, 6.45) is -0.315. The van der Waals surface area contributed by atoms with Gasteiger partial charge in [-0.25, -0.2) is 21.9 Å². The lowest BCUT2D eigenvalue weighted by molar-refractivity contribution is 0.0825. The largest absolute Gasteiger partial charge is 0.497 e. The number of amides is 1. The summed E-state index contributed by atoms with van der Waals surface area (Å²) in [5, 5.41) is 16.6. The molecule has 1 aromatic heterocycles. The normalized spacial score (nSPS) is 13.2. The van der Waals surface area contributed by atoms with Crippen LogP contribution in [0.25, 0.3) is 0 Å². The molecule has 39 heavy (non-hydrogen) atoms. The quantitative estimate of drug-likeness (QED) is 0.233. The molecule has 0 fully saturated rings. The summed E-state index contributed by atoms with van der Waals surface area (Å²) in [7, 11) is -2.18. The summed E-state index contributed by atoms with van der Waals surface area (Å²) in [4.78, 5) is 16.8. The van der Waals surface area contributed by atoms with E-state index in [0.717, 1.165) is 30.0 Å². The second-order valence-electron chi connectivity index (χ2n) is 9.43. The number of ether oxygens (including phenoxy) is 1. The molecule has 3 aromatic rings. The SMILES string of the molecule is COc1cccc(CNCC(O)C(Cc2cc(F)cc(F)c2)NC(=O)c2coc(NS(=O)(=O)CC(C)C)n2)c1. The van der Waals surface area contributed by atoms with Gasteiger partial charge in [0.25, 0.3) is 5.91 Å². The van der Waals surface area contributed by atoms with Gasteiger partial charge in [-0.3, -0.25) is 4.79 Å². The summed E-state index contributed by atoms with van der Waals surface area (Å²) in [6.45, 7) is 3.87. The second-order valence-corrected chi connectivity index (χ2v) is 11.2. The molecule has 2 aromatic carbocycles. The maximum Gasteiger partial charge on any atom is 0.309 e. The number of oxazole rings is 1. The molecule has 2 atom stereocenters. The fraction of sp³-hybridized carbons (Fsp3) is 0.385. The van der Waals surface area contributed by atoms with E-state index in [1.54, 1.807) is 27.0 Å². The first-order valence-corrected chi connectivity index (χ1v) is 13.8. The van der Waals surface area contributed by atoms with E-state index < -0.39 is 39.7 Å². The van der Waals surface area contributed by atoms with Crippen molar-refractivity contribution in [3.63, 3.8) is 0 Å². The Hall–Kier alpha value is -3.55. The topological polar surface area (TPSA) is 143 Å². The number of nitrogens with zero attached hydrogens (tertiary/aromatic N) is 1. The average Bonchev–Trinajstić information content (AvgIpc) is 3.30. The van der Waals surface area contributed by atoms with Crippen LogP contribution in [0.15, 0.2) is 53.1 Å². The number of hydrogen-bond donors (Lipinski definition) is 4. The Morgan fingerprint density at radius 1 is 1.13 bits per heavy atom. The Labute approximate surface area is 225 Å². The van der Waals surface area contributed by atoms with E-state index in [1.807, 2.05) is 18.2 Å². The lowest BCUT2D eigenvalue weighted by Crippen LogP contribution is -2.48. The number of anilines is 1. The number of carbonyl (C=O) groups excluding carboxylic acids is 1. The van der Waals surface area contributed by atoms with E-state index in [2.05, 4.69) is 20.3 Å². The molecule has 0 saturated heterocycles. The predicted octanol–water partition coefficient (Wildman–Crippen LogP) is 2.85. The van der Waals surface area contributed by atoms with E-state index in [4.69, 9.17) is 9.15 Å². The van der Waals surface area contributed by atoms with E-state index in [-0.39, 0.29) is 41.9 Å². The zero-order valence-corrected chi connectivity index (χ0v) is 22.6. The number of benzene rings is 2. The Morgan fingerprint density at radius 2 is 1.85 bits per heavy atom. The highest BCUT2D eigenvalue weighted by atomic mass is 32.2. The van der Waals surface area contributed by atoms with Crippen LogP contribution < -0.4 is 20.1 Å². The summed E-state index contributed by atoms with van der Waals surface area (Å²) < 4.78 is 64.3. The van der Waals surface area contributed by atoms with Crippen molar-refractivity contribution in [3.05, 3.63) is 77.2 Å². The lowest BCUT2D eigenvalue weighted by atomic mass is 10.0. The molecule has 4 N–H and O–H groups in total. The highest BCUT2D eigenvalue weighted by Gasteiger charge is 2.25. The molecule has 1 heterocycles. The number of sulfonamides is 1. The van der Waals surface area contributed by atoms with Crippen molar-refractivity contribution in [1.82, 2.24) is 15.6 Å². The summed E-state index contributed by atoms with van der Waals surface area (Å²) >= 11 is 0. The number of nitrogens with one attached hydrogen (secondary N) is 3. The Morgan fingerprint density at radius 3 is 2.51 bits per heavy atom. The summed E-state index contributed by atoms with van der Waals surface area (Å²) in [6, 6.07) is 8.88. The number of aliphatic hydroxyl groups excluding tert-OH is 1. The molecular formula is C26H32F2N4O6S. The zero-order chi connectivity index (χ0) is 28.6. The minimum Gasteiger partial charge on any atom is -0.497 e. The molecule has 10 nitrogen and oxygen atoms in total. The van der Waals surface area contributed by atoms with Gasteiger partial charge in [0.05, 0.1) is 25.0 Å². The van der Waals surface area contributed by atoms with Gasteiger partial charge in [-0.2, -0.15) is 4.98 Å². The first-order valence-electron chi connectivity index (χ1n) is 12.2. The monoisotopic (exact) mass is 566 g/mol. The minimum atomic E-state index is -3.73. The van der Waals surface area contributed by atoms with Crippen molar-refractivity contribution in [2.45, 2.75) is 39.0 Å². The van der Waals surface area contributed by atoms with Crippen molar-refractivity contribution in [2.24, 2.45) is 5.92 Å². The molecule has 0 aliphatic heterocycles. The van der Waals surface area contributed by atoms with E-state index in [9.17, 15) is 27.1 Å². The summed E-state index contributed by atoms with van der Waals surface area (Å²) in [5.74, 6) is -2.01. The van der Waals surface area contributed by atoms with E-state index >= 15 is 0 Å². The van der Waals surface area contributed by atoms with Crippen LogP contribution in [0.4, 0.5) is 14.8 Å². The molecular weight excluding hydrogens is 534 g/mol. The number of methoxy groups -OCH3 is 1. The smallest absolute Gasteiger partial charge is 0.309 e. The molecule has 0 radical (unpaired) electrons. The van der Waals surface area contributed by atoms with Crippen LogP contribution in [-0.2, 0) is 23.0 Å². The fourth-order valence-electron chi connectivity index (χ4n) is 3.84. The van der Waals surface area contributed by atoms with E-state index in [1.165, 1.54) is 0 Å². The molecule has 0 saturated carbocycles. The Kier molecular flexibility index (Phi) is 10.4. The Balaban J connectivity index is 1.71. The predicted molar refractivity (Wildman–Crippen MR) is 141 cm³/mol. The van der Waals surface area contributed by atoms with Gasteiger partial charge in [0.15, 0.2) is 5.69 Å². The molecule has 2 unspecified atom stereocenters. The van der Waals surface area contributed by atoms with Crippen LogP contribution in [0.1, 0.15) is 35.5 Å². The van der Waals surface area contributed by atoms with Crippen LogP contribution >= 0.6 is 0 Å². The van der Waals surface area contributed by atoms with Crippen LogP contribution in [-0.4, -0.2) is 56.0 Å². The molecule has 0 aliphatic rings. The molecule has 3 rings (SSSR count). The van der Waals surface area contributed by atoms with Crippen LogP contribution in [0.2, 0.25) is 0 Å². The third kappa shape index (κ3) is 9.61. The van der Waals surface area contributed by atoms with Gasteiger partial charge in [-0.1, -0.05) is 26.0 Å². The van der Waals surface area contributed by atoms with Gasteiger partial charge < -0.3 is 24.9 Å². The number of aromatic nitrogens is 1. The highest BCUT2D eigenvalue weighted by molar-refractivity contribution is 7.92. The van der Waals surface area contributed by atoms with Crippen LogP contribution in [0, 0.1) is 17.6 Å². The lowest BCUT2D eigenvalue weighted by Gasteiger charge is -2.24. The number of aliphatic hydroxyl groups is 1. The van der Waals surface area contributed by atoms with Gasteiger partial charge in [0, 0.05) is 19.2 Å². The highest BCUT2D eigenvalue weighted by Crippen LogP contribution is 2.15. The third-order valence-electron chi connectivity index (χ3n) is 5.51. The fourth-order valence-corrected chi connectivity index (χ4v) is 5.16. The molecule has 0 bridgehead atoms. The van der Waals surface area contributed by atoms with Gasteiger partial charge in [0.2, 0.25) is 10.0 Å². The van der Waals surface area contributed by atoms with Gasteiger partial charge in [-0.15, -0.1) is 0 Å². The second kappa shape index (κ2) is 13.5. The first kappa shape index (κ1) is 30.0. The van der Waals surface area contributed by atoms with Crippen molar-refractivity contribution < 1.29 is 36.3 Å². The van der Waals surface area contributed by atoms with Gasteiger partial charge in [0.1, 0.15) is 23.6 Å². The van der Waals surface area contributed by atoms with E-state index in [0.29, 0.717) is 12.3 Å². The molecule has 13 heteroatoms. The molecule has 1 amide bonds. The van der Waals surface area contributed by atoms with Crippen molar-refractivity contribution in [3.8, 4) is 5.75 Å². The van der Waals surface area contributed by atoms with Crippen LogP contribution in [0.5, 0.6) is 5.75 Å². The molecule has 212 valence electrons. The van der Waals surface area contributed by atoms with Crippen molar-refractivity contribution in [1.29, 1.82) is 0 Å². The van der Waals surface area contributed by atoms with Crippen molar-refractivity contribution in [2.75, 3.05) is 24.1 Å². The zero-order valence-electron chi connectivity index (χ0n) is 21.8. The number of hydrogen-bond acceptors (Lipinski definition) is 8. The van der Waals surface area contributed by atoms with Gasteiger partial charge in [-0.05, 0) is 47.7 Å². The maximum atomic E-state index is 13.8. The molecule has 0 spiro atoms. The number of carbonyl (C=O) groups is 1. The third-order valence-corrected chi connectivity index (χ3v) is 7.10. The number of halogens is 2. The van der Waals surface area contributed by atoms with Crippen LogP contribution in [0.3, 0.4) is 0 Å². The number of rotatable bonds is 14. The summed E-state index contributed by atoms with van der Waals surface area (Å²) in [5.41, 5.74) is 0.862. The standard InChI is InChI=1S/C26H32F2N4O6S/c1-16(2)15-39(35,36)32-26-31-23(14-38-26)25(34)30-22(10-18-7-19(27)11-20(28)8-18)24(33)13-29-12-17-5-4-6-21(9-17)37-3/h4-9,11,14,16,22,24,29,33H,10,12-13,15H2,1-3H3,(H,30,34)(H,31,32). The average molecular weight is 567 g/mol. The Bertz CT molecular complexity index is 1350. The maximum absolute atomic E-state index is 13.8. The molecule has 0 aliphatic carbocycles. The first-order chi connectivity index (χ1) is 18.4. The minimum absolute atomic E-state index is 0.0268.